The van der Waals surface area contributed by atoms with Crippen molar-refractivity contribution >= 4 is 5.69 Å². The molecule has 0 fully saturated rings. The van der Waals surface area contributed by atoms with E-state index in [0.29, 0.717) is 13.0 Å². The molecule has 1 N–H and O–H groups in total. The maximum Gasteiger partial charge on any atom is 0.311 e. The van der Waals surface area contributed by atoms with Crippen LogP contribution in [-0.2, 0) is 6.54 Å². The molecule has 0 bridgehead atoms. The Labute approximate surface area is 118 Å². The largest absolute Gasteiger partial charge is 0.487 e. The van der Waals surface area contributed by atoms with E-state index < -0.39 is 10.3 Å². The first-order chi connectivity index (χ1) is 9.39. The van der Waals surface area contributed by atoms with Crippen LogP contribution < -0.4 is 10.1 Å². The highest BCUT2D eigenvalue weighted by molar-refractivity contribution is 5.48. The smallest absolute Gasteiger partial charge is 0.311 e. The molecule has 6 nitrogen and oxygen atoms in total. The van der Waals surface area contributed by atoms with Crippen molar-refractivity contribution in [3.05, 3.63) is 33.9 Å². The molecule has 0 saturated carbocycles. The van der Waals surface area contributed by atoms with E-state index >= 15 is 0 Å². The molecule has 0 heterocycles. The number of ether oxygens (including phenoxy) is 1. The number of hydrogen-bond acceptors (Lipinski definition) is 5. The molecular weight excluding hydrogens is 258 g/mol. The van der Waals surface area contributed by atoms with Gasteiger partial charge in [0.2, 0.25) is 0 Å². The zero-order valence-corrected chi connectivity index (χ0v) is 12.0. The van der Waals surface area contributed by atoms with Gasteiger partial charge >= 0.3 is 5.69 Å². The molecule has 0 saturated heterocycles. The normalized spacial score (nSPS) is 10.9. The summed E-state index contributed by atoms with van der Waals surface area (Å²) in [6, 6.07) is 7.06. The fourth-order valence-corrected chi connectivity index (χ4v) is 1.61. The molecule has 0 atom stereocenters. The lowest BCUT2D eigenvalue weighted by Crippen LogP contribution is -2.13. The predicted molar refractivity (Wildman–Crippen MR) is 75.4 cm³/mol. The van der Waals surface area contributed by atoms with Crippen molar-refractivity contribution in [1.82, 2.24) is 5.32 Å². The fraction of sp³-hybridized carbons (Fsp3) is 0.500. The molecule has 1 aromatic carbocycles. The summed E-state index contributed by atoms with van der Waals surface area (Å²) < 4.78 is 5.46. The quantitative estimate of drug-likeness (QED) is 0.611. The van der Waals surface area contributed by atoms with Gasteiger partial charge in [0, 0.05) is 12.6 Å². The van der Waals surface area contributed by atoms with Gasteiger partial charge in [-0.15, -0.1) is 0 Å². The van der Waals surface area contributed by atoms with Gasteiger partial charge in [-0.05, 0) is 38.9 Å². The SMILES string of the molecule is CNCc1ccc(OCCC(C)(C)C#N)c([N+](=O)[O-])c1. The van der Waals surface area contributed by atoms with Crippen LogP contribution in [0.4, 0.5) is 5.69 Å². The van der Waals surface area contributed by atoms with E-state index in [1.807, 2.05) is 0 Å². The van der Waals surface area contributed by atoms with Crippen LogP contribution in [0, 0.1) is 26.9 Å². The lowest BCUT2D eigenvalue weighted by molar-refractivity contribution is -0.385. The number of hydrogen-bond donors (Lipinski definition) is 1. The molecule has 0 aliphatic heterocycles. The summed E-state index contributed by atoms with van der Waals surface area (Å²) in [5.41, 5.74) is 0.275. The van der Waals surface area contributed by atoms with E-state index in [0.717, 1.165) is 5.56 Å². The molecule has 108 valence electrons. The Morgan fingerprint density at radius 2 is 2.20 bits per heavy atom. The van der Waals surface area contributed by atoms with Crippen LogP contribution in [0.25, 0.3) is 0 Å². The first kappa shape index (κ1) is 15.9. The Balaban J connectivity index is 2.80. The topological polar surface area (TPSA) is 88.2 Å². The molecule has 0 spiro atoms. The standard InChI is InChI=1S/C14H19N3O3/c1-14(2,10-15)6-7-20-13-5-4-11(9-16-3)8-12(13)17(18)19/h4-5,8,16H,6-7,9H2,1-3H3. The van der Waals surface area contributed by atoms with E-state index in [4.69, 9.17) is 10.00 Å². The van der Waals surface area contributed by atoms with E-state index in [1.54, 1.807) is 33.0 Å². The first-order valence-corrected chi connectivity index (χ1v) is 6.35. The average Bonchev–Trinajstić information content (AvgIpc) is 2.40. The van der Waals surface area contributed by atoms with Crippen molar-refractivity contribution in [3.8, 4) is 11.8 Å². The van der Waals surface area contributed by atoms with Crippen LogP contribution in [0.5, 0.6) is 5.75 Å². The van der Waals surface area contributed by atoms with Gasteiger partial charge in [0.15, 0.2) is 5.75 Å². The third kappa shape index (κ3) is 4.52. The minimum atomic E-state index is -0.499. The van der Waals surface area contributed by atoms with Gasteiger partial charge in [-0.2, -0.15) is 5.26 Å². The molecule has 0 aromatic heterocycles. The van der Waals surface area contributed by atoms with Crippen LogP contribution in [-0.4, -0.2) is 18.6 Å². The first-order valence-electron chi connectivity index (χ1n) is 6.35. The molecule has 0 radical (unpaired) electrons. The lowest BCUT2D eigenvalue weighted by Gasteiger charge is -2.15. The second-order valence-electron chi connectivity index (χ2n) is 5.18. The number of nitrogens with one attached hydrogen (secondary N) is 1. The number of rotatable bonds is 7. The summed E-state index contributed by atoms with van der Waals surface area (Å²) in [6.07, 6.45) is 0.513. The highest BCUT2D eigenvalue weighted by Crippen LogP contribution is 2.29. The minimum absolute atomic E-state index is 0.0486. The summed E-state index contributed by atoms with van der Waals surface area (Å²) >= 11 is 0. The molecule has 1 rings (SSSR count). The van der Waals surface area contributed by atoms with E-state index in [1.165, 1.54) is 6.07 Å². The minimum Gasteiger partial charge on any atom is -0.487 e. The van der Waals surface area contributed by atoms with Gasteiger partial charge in [-0.3, -0.25) is 10.1 Å². The third-order valence-corrected chi connectivity index (χ3v) is 2.89. The monoisotopic (exact) mass is 277 g/mol. The molecular formula is C14H19N3O3. The molecule has 0 amide bonds. The Bertz CT molecular complexity index is 521. The number of nitro groups is 1. The Morgan fingerprint density at radius 3 is 2.75 bits per heavy atom. The summed E-state index contributed by atoms with van der Waals surface area (Å²) in [4.78, 5) is 10.6. The Hall–Kier alpha value is -2.13. The summed E-state index contributed by atoms with van der Waals surface area (Å²) in [6.45, 7) is 4.44. The zero-order chi connectivity index (χ0) is 15.2. The van der Waals surface area contributed by atoms with Gasteiger partial charge in [0.25, 0.3) is 0 Å². The average molecular weight is 277 g/mol. The summed E-state index contributed by atoms with van der Waals surface area (Å²) in [7, 11) is 1.78. The molecule has 0 aliphatic carbocycles. The van der Waals surface area contributed by atoms with Crippen molar-refractivity contribution in [2.24, 2.45) is 5.41 Å². The van der Waals surface area contributed by atoms with E-state index in [2.05, 4.69) is 11.4 Å². The van der Waals surface area contributed by atoms with Crippen LogP contribution in [0.3, 0.4) is 0 Å². The Morgan fingerprint density at radius 1 is 1.50 bits per heavy atom. The van der Waals surface area contributed by atoms with Gasteiger partial charge < -0.3 is 10.1 Å². The highest BCUT2D eigenvalue weighted by Gasteiger charge is 2.19. The molecule has 0 unspecified atom stereocenters. The van der Waals surface area contributed by atoms with Gasteiger partial charge in [-0.1, -0.05) is 6.07 Å². The van der Waals surface area contributed by atoms with Crippen LogP contribution in [0.2, 0.25) is 0 Å². The number of nitro benzene ring substituents is 1. The van der Waals surface area contributed by atoms with Gasteiger partial charge in [0.1, 0.15) is 0 Å². The van der Waals surface area contributed by atoms with E-state index in [-0.39, 0.29) is 18.0 Å². The zero-order valence-electron chi connectivity index (χ0n) is 12.0. The van der Waals surface area contributed by atoms with Crippen LogP contribution >= 0.6 is 0 Å². The lowest BCUT2D eigenvalue weighted by atomic mass is 9.92. The molecule has 6 heteroatoms. The second-order valence-corrected chi connectivity index (χ2v) is 5.18. The van der Waals surface area contributed by atoms with Crippen molar-refractivity contribution < 1.29 is 9.66 Å². The van der Waals surface area contributed by atoms with Gasteiger partial charge in [0.05, 0.1) is 23.0 Å². The van der Waals surface area contributed by atoms with Crippen molar-refractivity contribution in [3.63, 3.8) is 0 Å². The maximum atomic E-state index is 11.0. The summed E-state index contributed by atoms with van der Waals surface area (Å²) in [5, 5.41) is 22.9. The highest BCUT2D eigenvalue weighted by atomic mass is 16.6. The number of nitriles is 1. The second kappa shape index (κ2) is 6.87. The van der Waals surface area contributed by atoms with Crippen LogP contribution in [0.15, 0.2) is 18.2 Å². The van der Waals surface area contributed by atoms with Crippen molar-refractivity contribution in [2.75, 3.05) is 13.7 Å². The molecule has 20 heavy (non-hydrogen) atoms. The molecule has 1 aromatic rings. The van der Waals surface area contributed by atoms with Crippen LogP contribution in [0.1, 0.15) is 25.8 Å². The predicted octanol–water partition coefficient (Wildman–Crippen LogP) is 2.63. The van der Waals surface area contributed by atoms with Crippen molar-refractivity contribution in [2.45, 2.75) is 26.8 Å². The maximum absolute atomic E-state index is 11.0. The number of nitrogens with zero attached hydrogens (tertiary/aromatic N) is 2. The van der Waals surface area contributed by atoms with Gasteiger partial charge in [-0.25, -0.2) is 0 Å². The van der Waals surface area contributed by atoms with Crippen molar-refractivity contribution in [1.29, 1.82) is 5.26 Å². The molecule has 0 aliphatic rings. The van der Waals surface area contributed by atoms with E-state index in [9.17, 15) is 10.1 Å². The summed E-state index contributed by atoms with van der Waals surface area (Å²) in [5.74, 6) is 0.239. The number of benzene rings is 1. The fourth-order valence-electron chi connectivity index (χ4n) is 1.61. The third-order valence-electron chi connectivity index (χ3n) is 2.89. The Kier molecular flexibility index (Phi) is 5.47.